The molecule has 0 saturated carbocycles. The monoisotopic (exact) mass is 853 g/mol. The SMILES string of the molecule is CCCCCCCCCCCCCCCC(=O)OCC(O)CO[C@@H]1O[C@H](COCc2ccccc2)[C@@H](OCc2ccccc2)[C@H](OCc2ccccc2)[C@@H]1OCc1ccccc1. The Labute approximate surface area is 371 Å². The average molecular weight is 853 g/mol. The lowest BCUT2D eigenvalue weighted by atomic mass is 9.97. The first-order chi connectivity index (χ1) is 30.6. The number of esters is 1. The molecule has 62 heavy (non-hydrogen) atoms. The molecule has 1 saturated heterocycles. The van der Waals surface area contributed by atoms with Crippen LogP contribution in [0.4, 0.5) is 0 Å². The van der Waals surface area contributed by atoms with Gasteiger partial charge in [0.15, 0.2) is 6.29 Å². The normalized spacial score (nSPS) is 19.3. The zero-order valence-electron chi connectivity index (χ0n) is 37.1. The minimum absolute atomic E-state index is 0.152. The first kappa shape index (κ1) is 49.1. The molecule has 9 nitrogen and oxygen atoms in total. The summed E-state index contributed by atoms with van der Waals surface area (Å²) < 4.78 is 45.0. The summed E-state index contributed by atoms with van der Waals surface area (Å²) in [6, 6.07) is 39.8. The third-order valence-electron chi connectivity index (χ3n) is 11.2. The van der Waals surface area contributed by atoms with Crippen LogP contribution in [0.3, 0.4) is 0 Å². The number of hydrogen-bond donors (Lipinski definition) is 1. The van der Waals surface area contributed by atoms with Crippen molar-refractivity contribution in [3.8, 4) is 0 Å². The highest BCUT2D eigenvalue weighted by Gasteiger charge is 2.49. The van der Waals surface area contributed by atoms with Gasteiger partial charge in [0.1, 0.15) is 37.1 Å². The molecule has 4 aromatic carbocycles. The highest BCUT2D eigenvalue weighted by Crippen LogP contribution is 2.32. The van der Waals surface area contributed by atoms with E-state index in [2.05, 4.69) is 6.92 Å². The Morgan fingerprint density at radius 3 is 1.42 bits per heavy atom. The quantitative estimate of drug-likeness (QED) is 0.0380. The number of benzene rings is 4. The van der Waals surface area contributed by atoms with E-state index in [1.165, 1.54) is 64.2 Å². The molecule has 1 aliphatic heterocycles. The van der Waals surface area contributed by atoms with Gasteiger partial charge in [0.05, 0.1) is 39.6 Å². The Bertz CT molecular complexity index is 1690. The maximum absolute atomic E-state index is 12.6. The summed E-state index contributed by atoms with van der Waals surface area (Å²) in [6.45, 7) is 3.37. The van der Waals surface area contributed by atoms with Crippen LogP contribution in [0.25, 0.3) is 0 Å². The van der Waals surface area contributed by atoms with Gasteiger partial charge in [0.25, 0.3) is 0 Å². The molecule has 9 heteroatoms. The molecule has 0 spiro atoms. The van der Waals surface area contributed by atoms with E-state index in [-0.39, 0.29) is 32.4 Å². The van der Waals surface area contributed by atoms with Crippen LogP contribution in [0.5, 0.6) is 0 Å². The predicted octanol–water partition coefficient (Wildman–Crippen LogP) is 11.1. The summed E-state index contributed by atoms with van der Waals surface area (Å²) in [4.78, 5) is 12.6. The van der Waals surface area contributed by atoms with Crippen LogP contribution in [0.1, 0.15) is 119 Å². The molecule has 1 heterocycles. The first-order valence-corrected chi connectivity index (χ1v) is 23.3. The molecule has 1 fully saturated rings. The van der Waals surface area contributed by atoms with Crippen LogP contribution < -0.4 is 0 Å². The van der Waals surface area contributed by atoms with E-state index in [4.69, 9.17) is 33.2 Å². The van der Waals surface area contributed by atoms with Crippen molar-refractivity contribution in [2.24, 2.45) is 0 Å². The van der Waals surface area contributed by atoms with Gasteiger partial charge in [0.2, 0.25) is 0 Å². The molecular weight excluding hydrogens is 781 g/mol. The van der Waals surface area contributed by atoms with Crippen molar-refractivity contribution in [2.75, 3.05) is 19.8 Å². The Kier molecular flexibility index (Phi) is 23.9. The highest BCUT2D eigenvalue weighted by molar-refractivity contribution is 5.69. The molecule has 1 N–H and O–H groups in total. The fourth-order valence-electron chi connectivity index (χ4n) is 7.68. The summed E-state index contributed by atoms with van der Waals surface area (Å²) in [7, 11) is 0. The van der Waals surface area contributed by atoms with Gasteiger partial charge in [-0.05, 0) is 28.7 Å². The van der Waals surface area contributed by atoms with Crippen molar-refractivity contribution >= 4 is 5.97 Å². The summed E-state index contributed by atoms with van der Waals surface area (Å²) >= 11 is 0. The summed E-state index contributed by atoms with van der Waals surface area (Å²) in [5.41, 5.74) is 4.00. The molecule has 1 unspecified atom stereocenters. The second-order valence-corrected chi connectivity index (χ2v) is 16.5. The molecule has 5 rings (SSSR count). The molecule has 6 atom stereocenters. The second kappa shape index (κ2) is 30.2. The summed E-state index contributed by atoms with van der Waals surface area (Å²) in [6.07, 6.45) is 11.7. The maximum atomic E-state index is 12.6. The van der Waals surface area contributed by atoms with Gasteiger partial charge in [-0.25, -0.2) is 0 Å². The van der Waals surface area contributed by atoms with E-state index < -0.39 is 36.8 Å². The fourth-order valence-corrected chi connectivity index (χ4v) is 7.68. The van der Waals surface area contributed by atoms with Crippen LogP contribution in [-0.2, 0) is 64.4 Å². The Morgan fingerprint density at radius 2 is 0.935 bits per heavy atom. The van der Waals surface area contributed by atoms with E-state index in [9.17, 15) is 9.90 Å². The van der Waals surface area contributed by atoms with Gasteiger partial charge in [-0.3, -0.25) is 4.79 Å². The molecule has 0 amide bonds. The molecule has 0 aliphatic carbocycles. The van der Waals surface area contributed by atoms with Crippen LogP contribution in [0.2, 0.25) is 0 Å². The predicted molar refractivity (Wildman–Crippen MR) is 243 cm³/mol. The van der Waals surface area contributed by atoms with Gasteiger partial charge in [-0.15, -0.1) is 0 Å². The fraction of sp³-hybridized carbons (Fsp3) is 0.528. The molecular formula is C53H72O9. The van der Waals surface area contributed by atoms with Crippen LogP contribution in [0, 0.1) is 0 Å². The van der Waals surface area contributed by atoms with Crippen molar-refractivity contribution in [3.05, 3.63) is 144 Å². The molecule has 1 aliphatic rings. The topological polar surface area (TPSA) is 102 Å². The number of rotatable bonds is 32. The smallest absolute Gasteiger partial charge is 0.305 e. The van der Waals surface area contributed by atoms with E-state index in [1.807, 2.05) is 121 Å². The maximum Gasteiger partial charge on any atom is 0.305 e. The third-order valence-corrected chi connectivity index (χ3v) is 11.2. The summed E-state index contributed by atoms with van der Waals surface area (Å²) in [5.74, 6) is -0.312. The van der Waals surface area contributed by atoms with E-state index in [0.29, 0.717) is 26.2 Å². The van der Waals surface area contributed by atoms with Gasteiger partial charge in [-0.1, -0.05) is 205 Å². The zero-order chi connectivity index (χ0) is 43.3. The number of unbranched alkanes of at least 4 members (excludes halogenated alkanes) is 12. The zero-order valence-corrected chi connectivity index (χ0v) is 37.1. The number of aliphatic hydroxyl groups is 1. The van der Waals surface area contributed by atoms with Gasteiger partial charge < -0.3 is 38.3 Å². The van der Waals surface area contributed by atoms with E-state index >= 15 is 0 Å². The molecule has 4 aromatic rings. The number of ether oxygens (including phenoxy) is 7. The molecule has 0 radical (unpaired) electrons. The third kappa shape index (κ3) is 19.2. The molecule has 0 aromatic heterocycles. The van der Waals surface area contributed by atoms with Crippen molar-refractivity contribution in [1.29, 1.82) is 0 Å². The lowest BCUT2D eigenvalue weighted by Crippen LogP contribution is -2.62. The Morgan fingerprint density at radius 1 is 0.516 bits per heavy atom. The van der Waals surface area contributed by atoms with Gasteiger partial charge in [-0.2, -0.15) is 0 Å². The van der Waals surface area contributed by atoms with Crippen LogP contribution in [0.15, 0.2) is 121 Å². The molecule has 0 bridgehead atoms. The molecule has 338 valence electrons. The standard InChI is InChI=1S/C53H72O9/c1-2-3-4-5-6-7-8-9-10-11-12-13-26-35-49(55)57-40-47(54)41-61-53-52(60-39-46-33-24-17-25-34-46)51(59-38-45-31-22-16-23-32-45)50(58-37-44-29-20-15-21-30-44)48(62-53)42-56-36-43-27-18-14-19-28-43/h14-25,27-34,47-48,50-54H,2-13,26,35-42H2,1H3/t47?,48-,50-,51+,52+,53-/m1/s1. The summed E-state index contributed by atoms with van der Waals surface area (Å²) in [5, 5.41) is 11.0. The largest absolute Gasteiger partial charge is 0.463 e. The minimum Gasteiger partial charge on any atom is -0.463 e. The van der Waals surface area contributed by atoms with Gasteiger partial charge >= 0.3 is 5.97 Å². The lowest BCUT2D eigenvalue weighted by molar-refractivity contribution is -0.331. The van der Waals surface area contributed by atoms with E-state index in [1.54, 1.807) is 0 Å². The Balaban J connectivity index is 1.19. The number of aliphatic hydroxyl groups excluding tert-OH is 1. The van der Waals surface area contributed by atoms with Crippen molar-refractivity contribution in [3.63, 3.8) is 0 Å². The second-order valence-electron chi connectivity index (χ2n) is 16.5. The van der Waals surface area contributed by atoms with Crippen LogP contribution in [-0.4, -0.2) is 67.7 Å². The van der Waals surface area contributed by atoms with Crippen molar-refractivity contribution in [2.45, 2.75) is 160 Å². The number of hydrogen-bond acceptors (Lipinski definition) is 9. The van der Waals surface area contributed by atoms with E-state index in [0.717, 1.165) is 41.5 Å². The lowest BCUT2D eigenvalue weighted by Gasteiger charge is -2.46. The first-order valence-electron chi connectivity index (χ1n) is 23.3. The average Bonchev–Trinajstić information content (AvgIpc) is 3.31. The number of carbonyl (C=O) groups is 1. The Hall–Kier alpha value is -3.93. The number of carbonyl (C=O) groups excluding carboxylic acids is 1. The minimum atomic E-state index is -1.08. The van der Waals surface area contributed by atoms with Crippen molar-refractivity contribution < 1.29 is 43.1 Å². The highest BCUT2D eigenvalue weighted by atomic mass is 16.7. The van der Waals surface area contributed by atoms with Crippen molar-refractivity contribution in [1.82, 2.24) is 0 Å². The van der Waals surface area contributed by atoms with Crippen LogP contribution >= 0.6 is 0 Å². The van der Waals surface area contributed by atoms with Gasteiger partial charge in [0, 0.05) is 6.42 Å².